The number of carbonyl (C=O) groups excluding carboxylic acids is 4. The van der Waals surface area contributed by atoms with Crippen LogP contribution in [0.15, 0.2) is 12.3 Å². The van der Waals surface area contributed by atoms with Gasteiger partial charge in [-0.25, -0.2) is 19.1 Å². The zero-order valence-electron chi connectivity index (χ0n) is 23.8. The van der Waals surface area contributed by atoms with Gasteiger partial charge in [0.2, 0.25) is 0 Å². The maximum atomic E-state index is 13.8. The highest BCUT2D eigenvalue weighted by molar-refractivity contribution is 6.03. The van der Waals surface area contributed by atoms with E-state index in [0.29, 0.717) is 24.2 Å². The van der Waals surface area contributed by atoms with Gasteiger partial charge in [0.05, 0.1) is 18.8 Å². The molecule has 13 nitrogen and oxygen atoms in total. The van der Waals surface area contributed by atoms with Crippen LogP contribution in [0.1, 0.15) is 70.2 Å². The summed E-state index contributed by atoms with van der Waals surface area (Å²) in [6, 6.07) is -1.20. The summed E-state index contributed by atoms with van der Waals surface area (Å²) in [4.78, 5) is 50.9. The Morgan fingerprint density at radius 2 is 1.82 bits per heavy atom. The van der Waals surface area contributed by atoms with Crippen molar-refractivity contribution in [3.63, 3.8) is 0 Å². The number of alkyl carbamates (subject to hydrolysis) is 1. The van der Waals surface area contributed by atoms with Crippen molar-refractivity contribution in [2.24, 2.45) is 35.1 Å². The Morgan fingerprint density at radius 3 is 2.45 bits per heavy atom. The van der Waals surface area contributed by atoms with Crippen LogP contribution in [0, 0.1) is 23.7 Å². The van der Waals surface area contributed by atoms with E-state index in [4.69, 9.17) is 16.2 Å². The number of anilines is 1. The van der Waals surface area contributed by atoms with Gasteiger partial charge in [0.25, 0.3) is 5.91 Å². The molecule has 0 radical (unpaired) electrons. The van der Waals surface area contributed by atoms with Crippen LogP contribution in [0.2, 0.25) is 0 Å². The summed E-state index contributed by atoms with van der Waals surface area (Å²) in [5.74, 6) is 1.22. The van der Waals surface area contributed by atoms with E-state index in [9.17, 15) is 19.2 Å². The van der Waals surface area contributed by atoms with Crippen molar-refractivity contribution in [2.75, 3.05) is 12.0 Å². The minimum Gasteiger partial charge on any atom is -0.453 e. The van der Waals surface area contributed by atoms with Crippen molar-refractivity contribution in [3.8, 4) is 0 Å². The molecular weight excluding hydrogens is 518 g/mol. The number of hydrogen-bond donors (Lipinski definition) is 4. The molecule has 0 aliphatic heterocycles. The fourth-order valence-corrected chi connectivity index (χ4v) is 6.92. The molecule has 13 heteroatoms. The van der Waals surface area contributed by atoms with Crippen molar-refractivity contribution in [2.45, 2.75) is 83.5 Å². The molecule has 5 amide bonds. The van der Waals surface area contributed by atoms with Gasteiger partial charge in [-0.05, 0) is 89.5 Å². The quantitative estimate of drug-likeness (QED) is 0.377. The van der Waals surface area contributed by atoms with Crippen LogP contribution in [0.25, 0.3) is 6.20 Å². The molecule has 0 saturated heterocycles. The van der Waals surface area contributed by atoms with Crippen molar-refractivity contribution in [1.82, 2.24) is 20.4 Å². The molecular formula is C27H41N7O6. The predicted molar refractivity (Wildman–Crippen MR) is 147 cm³/mol. The molecule has 3 saturated carbocycles. The Kier molecular flexibility index (Phi) is 8.31. The second-order valence-electron chi connectivity index (χ2n) is 12.1. The second kappa shape index (κ2) is 11.4. The zero-order chi connectivity index (χ0) is 29.4. The Morgan fingerprint density at radius 1 is 1.12 bits per heavy atom. The van der Waals surface area contributed by atoms with E-state index in [1.54, 1.807) is 40.0 Å². The maximum absolute atomic E-state index is 13.8. The number of nitrogens with one attached hydrogen (secondary N) is 2. The fraction of sp³-hybridized carbons (Fsp3) is 0.667. The lowest BCUT2D eigenvalue weighted by Gasteiger charge is -2.33. The summed E-state index contributed by atoms with van der Waals surface area (Å²) >= 11 is 0. The van der Waals surface area contributed by atoms with Crippen molar-refractivity contribution >= 4 is 36.1 Å². The van der Waals surface area contributed by atoms with Crippen LogP contribution in [0.4, 0.5) is 20.2 Å². The van der Waals surface area contributed by atoms with E-state index in [1.807, 2.05) is 0 Å². The lowest BCUT2D eigenvalue weighted by atomic mass is 9.79. The van der Waals surface area contributed by atoms with Crippen LogP contribution < -0.4 is 27.0 Å². The lowest BCUT2D eigenvalue weighted by Crippen LogP contribution is -2.46. The van der Waals surface area contributed by atoms with Gasteiger partial charge < -0.3 is 31.6 Å². The van der Waals surface area contributed by atoms with Gasteiger partial charge in [0.15, 0.2) is 5.82 Å². The molecule has 3 bridgehead atoms. The standard InChI is InChI=1S/C27H41N7O6/c1-14(2)34(24(28)36)23-20(13-30-33(23)7-6-27(3,4)32-26(38)39-5)22(35)31-21-17-9-15-8-16(11-17)19(21)12-18(10-15)40-25(29)37/h6-7,13-19,21H,8-12H2,1-5H3,(H2,28,36)(H2,29,37)(H,31,35)(H,32,38)/b7-6+/t15?,16?,17?,18?,19?,21-/m1/s1. The highest BCUT2D eigenvalue weighted by atomic mass is 16.6. The molecule has 4 rings (SSSR count). The Bertz CT molecular complexity index is 1180. The minimum atomic E-state index is -0.823. The number of nitrogens with two attached hydrogens (primary N) is 2. The molecule has 40 heavy (non-hydrogen) atoms. The number of carbonyl (C=O) groups is 4. The highest BCUT2D eigenvalue weighted by Crippen LogP contribution is 2.54. The summed E-state index contributed by atoms with van der Waals surface area (Å²) in [7, 11) is 1.27. The maximum Gasteiger partial charge on any atom is 0.407 e. The Hall–Kier alpha value is -3.77. The number of fused-ring (bicyclic) bond motifs is 2. The lowest BCUT2D eigenvalue weighted by molar-refractivity contribution is 0.0638. The third kappa shape index (κ3) is 6.18. The number of primary amides is 2. The van der Waals surface area contributed by atoms with Crippen LogP contribution >= 0.6 is 0 Å². The third-order valence-corrected chi connectivity index (χ3v) is 8.40. The smallest absolute Gasteiger partial charge is 0.407 e. The third-order valence-electron chi connectivity index (χ3n) is 8.40. The topological polar surface area (TPSA) is 184 Å². The number of ether oxygens (including phenoxy) is 2. The molecule has 3 aliphatic rings. The molecule has 3 aliphatic carbocycles. The molecule has 1 heterocycles. The molecule has 220 valence electrons. The average Bonchev–Trinajstić information content (AvgIpc) is 3.31. The van der Waals surface area contributed by atoms with E-state index in [2.05, 4.69) is 20.5 Å². The second-order valence-corrected chi connectivity index (χ2v) is 12.1. The van der Waals surface area contributed by atoms with E-state index >= 15 is 0 Å². The number of amides is 5. The molecule has 1 aromatic heterocycles. The monoisotopic (exact) mass is 559 g/mol. The minimum absolute atomic E-state index is 0.0993. The first-order valence-electron chi connectivity index (χ1n) is 13.8. The highest BCUT2D eigenvalue weighted by Gasteiger charge is 2.52. The van der Waals surface area contributed by atoms with Gasteiger partial charge in [-0.3, -0.25) is 9.69 Å². The van der Waals surface area contributed by atoms with Gasteiger partial charge in [0, 0.05) is 18.3 Å². The molecule has 0 spiro atoms. The molecule has 6 atom stereocenters. The van der Waals surface area contributed by atoms with Gasteiger partial charge in [-0.1, -0.05) is 0 Å². The van der Waals surface area contributed by atoms with Crippen LogP contribution in [-0.2, 0) is 9.47 Å². The van der Waals surface area contributed by atoms with Gasteiger partial charge >= 0.3 is 18.2 Å². The normalized spacial score (nSPS) is 27.4. The fourth-order valence-electron chi connectivity index (χ4n) is 6.92. The number of hydrogen-bond acceptors (Lipinski definition) is 7. The zero-order valence-corrected chi connectivity index (χ0v) is 23.8. The van der Waals surface area contributed by atoms with E-state index < -0.39 is 23.8 Å². The first-order valence-corrected chi connectivity index (χ1v) is 13.8. The van der Waals surface area contributed by atoms with Gasteiger partial charge in [-0.2, -0.15) is 5.10 Å². The van der Waals surface area contributed by atoms with Crippen LogP contribution in [0.3, 0.4) is 0 Å². The molecule has 1 aromatic rings. The van der Waals surface area contributed by atoms with E-state index in [1.165, 1.54) is 22.9 Å². The largest absolute Gasteiger partial charge is 0.453 e. The number of methoxy groups -OCH3 is 1. The van der Waals surface area contributed by atoms with Crippen molar-refractivity contribution in [1.29, 1.82) is 0 Å². The van der Waals surface area contributed by atoms with Gasteiger partial charge in [-0.15, -0.1) is 0 Å². The first kappa shape index (κ1) is 29.2. The summed E-state index contributed by atoms with van der Waals surface area (Å²) in [6.45, 7) is 7.10. The van der Waals surface area contributed by atoms with E-state index in [-0.39, 0.29) is 41.4 Å². The molecule has 3 fully saturated rings. The number of aromatic nitrogens is 2. The molecule has 6 N–H and O–H groups in total. The van der Waals surface area contributed by atoms with Crippen LogP contribution in [0.5, 0.6) is 0 Å². The Balaban J connectivity index is 1.63. The predicted octanol–water partition coefficient (Wildman–Crippen LogP) is 2.80. The summed E-state index contributed by atoms with van der Waals surface area (Å²) in [5, 5.41) is 10.3. The van der Waals surface area contributed by atoms with Crippen molar-refractivity contribution < 1.29 is 28.7 Å². The molecule has 5 unspecified atom stereocenters. The van der Waals surface area contributed by atoms with Crippen molar-refractivity contribution in [3.05, 3.63) is 17.8 Å². The Labute approximate surface area is 234 Å². The number of rotatable bonds is 8. The molecule has 0 aromatic carbocycles. The summed E-state index contributed by atoms with van der Waals surface area (Å²) in [6.07, 6.45) is 7.51. The number of urea groups is 1. The SMILES string of the molecule is COC(=O)NC(C)(C)/C=C/n1ncc(C(=O)N[C@@H]2C3CC4CC(OC(N)=O)CC2C(C4)C3)c1N(C(N)=O)C(C)C. The van der Waals surface area contributed by atoms with E-state index in [0.717, 1.165) is 25.7 Å². The number of nitrogens with zero attached hydrogens (tertiary/aromatic N) is 3. The summed E-state index contributed by atoms with van der Waals surface area (Å²) in [5.41, 5.74) is 10.5. The first-order chi connectivity index (χ1) is 18.8. The van der Waals surface area contributed by atoms with Gasteiger partial charge in [0.1, 0.15) is 11.7 Å². The average molecular weight is 560 g/mol. The summed E-state index contributed by atoms with van der Waals surface area (Å²) < 4.78 is 11.5. The van der Waals surface area contributed by atoms with Crippen LogP contribution in [-0.4, -0.2) is 64.7 Å².